The first-order chi connectivity index (χ1) is 14.4. The highest BCUT2D eigenvalue weighted by molar-refractivity contribution is 5.91. The van der Waals surface area contributed by atoms with Gasteiger partial charge in [-0.05, 0) is 48.9 Å². The highest BCUT2D eigenvalue weighted by atomic mass is 16.4. The Bertz CT molecular complexity index is 704. The Morgan fingerprint density at radius 1 is 0.969 bits per heavy atom. The SMILES string of the molecule is C/C=C/[C@H](C(=O)NC(C(=O)CCC(C)C(/C=C(\C)C(=O)O)C(C)C)C(C)(C)C)C(C)(C)C. The predicted molar refractivity (Wildman–Crippen MR) is 132 cm³/mol. The number of ketones is 1. The van der Waals surface area contributed by atoms with E-state index in [-0.39, 0.29) is 40.8 Å². The summed E-state index contributed by atoms with van der Waals surface area (Å²) in [5.41, 5.74) is -0.333. The molecular weight excluding hydrogens is 402 g/mol. The number of nitrogens with one attached hydrogen (secondary N) is 1. The second-order valence-electron chi connectivity index (χ2n) is 11.6. The molecule has 32 heavy (non-hydrogen) atoms. The Kier molecular flexibility index (Phi) is 11.6. The molecule has 0 radical (unpaired) electrons. The fraction of sp³-hybridized carbons (Fsp3) is 0.741. The molecule has 1 amide bonds. The molecule has 0 heterocycles. The Morgan fingerprint density at radius 2 is 1.50 bits per heavy atom. The summed E-state index contributed by atoms with van der Waals surface area (Å²) in [6.45, 7) is 21.7. The average molecular weight is 450 g/mol. The normalized spacial score (nSPS) is 17.2. The first-order valence-electron chi connectivity index (χ1n) is 11.8. The number of carboxylic acid groups (broad SMARTS) is 1. The zero-order valence-corrected chi connectivity index (χ0v) is 22.2. The molecule has 0 aromatic carbocycles. The number of carbonyl (C=O) groups excluding carboxylic acids is 2. The smallest absolute Gasteiger partial charge is 0.330 e. The summed E-state index contributed by atoms with van der Waals surface area (Å²) < 4.78 is 0. The number of carboxylic acids is 1. The first kappa shape index (κ1) is 30.1. The van der Waals surface area contributed by atoms with Gasteiger partial charge in [0.1, 0.15) is 0 Å². The maximum atomic E-state index is 13.2. The molecule has 2 N–H and O–H groups in total. The lowest BCUT2D eigenvalue weighted by molar-refractivity contribution is -0.133. The number of aliphatic carboxylic acids is 1. The number of allylic oxidation sites excluding steroid dienone is 2. The molecule has 0 saturated heterocycles. The van der Waals surface area contributed by atoms with Gasteiger partial charge in [-0.3, -0.25) is 9.59 Å². The van der Waals surface area contributed by atoms with E-state index in [1.165, 1.54) is 0 Å². The van der Waals surface area contributed by atoms with Crippen LogP contribution >= 0.6 is 0 Å². The van der Waals surface area contributed by atoms with Crippen molar-refractivity contribution >= 4 is 17.7 Å². The third-order valence-corrected chi connectivity index (χ3v) is 6.13. The molecular formula is C27H47NO4. The van der Waals surface area contributed by atoms with Gasteiger partial charge in [0.15, 0.2) is 5.78 Å². The van der Waals surface area contributed by atoms with Crippen LogP contribution in [0.5, 0.6) is 0 Å². The van der Waals surface area contributed by atoms with Gasteiger partial charge in [-0.1, -0.05) is 80.5 Å². The van der Waals surface area contributed by atoms with E-state index >= 15 is 0 Å². The Labute approximate surface area is 196 Å². The molecule has 0 fully saturated rings. The molecule has 0 aliphatic rings. The third kappa shape index (κ3) is 9.70. The predicted octanol–water partition coefficient (Wildman–Crippen LogP) is 6.04. The van der Waals surface area contributed by atoms with Gasteiger partial charge in [0.05, 0.1) is 12.0 Å². The van der Waals surface area contributed by atoms with Crippen molar-refractivity contribution in [3.8, 4) is 0 Å². The number of carbonyl (C=O) groups is 3. The number of rotatable bonds is 11. The maximum absolute atomic E-state index is 13.2. The van der Waals surface area contributed by atoms with Crippen LogP contribution in [0.2, 0.25) is 0 Å². The van der Waals surface area contributed by atoms with Crippen LogP contribution < -0.4 is 5.32 Å². The third-order valence-electron chi connectivity index (χ3n) is 6.13. The van der Waals surface area contributed by atoms with E-state index in [0.29, 0.717) is 18.4 Å². The molecule has 0 rings (SSSR count). The van der Waals surface area contributed by atoms with Crippen molar-refractivity contribution in [2.24, 2.45) is 34.5 Å². The van der Waals surface area contributed by atoms with E-state index in [1.807, 2.05) is 66.7 Å². The lowest BCUT2D eigenvalue weighted by Gasteiger charge is -2.34. The summed E-state index contributed by atoms with van der Waals surface area (Å²) >= 11 is 0. The lowest BCUT2D eigenvalue weighted by Crippen LogP contribution is -2.52. The lowest BCUT2D eigenvalue weighted by atomic mass is 9.77. The van der Waals surface area contributed by atoms with E-state index in [2.05, 4.69) is 26.1 Å². The summed E-state index contributed by atoms with van der Waals surface area (Å²) in [4.78, 5) is 37.6. The van der Waals surface area contributed by atoms with Gasteiger partial charge >= 0.3 is 5.97 Å². The first-order valence-corrected chi connectivity index (χ1v) is 11.8. The van der Waals surface area contributed by atoms with Crippen LogP contribution in [0, 0.1) is 34.5 Å². The topological polar surface area (TPSA) is 83.5 Å². The fourth-order valence-electron chi connectivity index (χ4n) is 4.05. The molecule has 0 aromatic rings. The molecule has 5 heteroatoms. The van der Waals surface area contributed by atoms with Crippen molar-refractivity contribution in [3.05, 3.63) is 23.8 Å². The van der Waals surface area contributed by atoms with Crippen molar-refractivity contribution in [1.29, 1.82) is 0 Å². The minimum Gasteiger partial charge on any atom is -0.478 e. The summed E-state index contributed by atoms with van der Waals surface area (Å²) in [5, 5.41) is 12.3. The molecule has 5 nitrogen and oxygen atoms in total. The summed E-state index contributed by atoms with van der Waals surface area (Å²) in [6.07, 6.45) is 6.58. The van der Waals surface area contributed by atoms with Gasteiger partial charge in [-0.2, -0.15) is 0 Å². The zero-order valence-electron chi connectivity index (χ0n) is 22.2. The van der Waals surface area contributed by atoms with Gasteiger partial charge in [-0.25, -0.2) is 4.79 Å². The zero-order chi connectivity index (χ0) is 25.4. The highest BCUT2D eigenvalue weighted by Crippen LogP contribution is 2.31. The molecule has 0 spiro atoms. The quantitative estimate of drug-likeness (QED) is 0.297. The summed E-state index contributed by atoms with van der Waals surface area (Å²) in [6, 6.07) is -0.578. The van der Waals surface area contributed by atoms with Crippen molar-refractivity contribution in [1.82, 2.24) is 5.32 Å². The number of hydrogen-bond donors (Lipinski definition) is 2. The number of Topliss-reactive ketones (excluding diaryl/α,β-unsaturated/α-hetero) is 1. The van der Waals surface area contributed by atoms with E-state index in [9.17, 15) is 19.5 Å². The van der Waals surface area contributed by atoms with Crippen LogP contribution in [0.15, 0.2) is 23.8 Å². The van der Waals surface area contributed by atoms with Crippen molar-refractivity contribution in [2.75, 3.05) is 0 Å². The monoisotopic (exact) mass is 449 g/mol. The number of hydrogen-bond acceptors (Lipinski definition) is 3. The largest absolute Gasteiger partial charge is 0.478 e. The second kappa shape index (κ2) is 12.4. The average Bonchev–Trinajstić information content (AvgIpc) is 2.63. The molecule has 0 aliphatic carbocycles. The van der Waals surface area contributed by atoms with Gasteiger partial charge in [0.2, 0.25) is 5.91 Å². The van der Waals surface area contributed by atoms with Gasteiger partial charge in [0, 0.05) is 12.0 Å². The van der Waals surface area contributed by atoms with E-state index in [1.54, 1.807) is 6.92 Å². The summed E-state index contributed by atoms with van der Waals surface area (Å²) in [7, 11) is 0. The van der Waals surface area contributed by atoms with E-state index in [4.69, 9.17) is 0 Å². The molecule has 184 valence electrons. The second-order valence-corrected chi connectivity index (χ2v) is 11.6. The van der Waals surface area contributed by atoms with Crippen LogP contribution in [-0.2, 0) is 14.4 Å². The fourth-order valence-corrected chi connectivity index (χ4v) is 4.05. The van der Waals surface area contributed by atoms with E-state index in [0.717, 1.165) is 0 Å². The number of amides is 1. The molecule has 3 unspecified atom stereocenters. The van der Waals surface area contributed by atoms with Crippen molar-refractivity contribution in [2.45, 2.75) is 95.0 Å². The minimum atomic E-state index is -0.913. The van der Waals surface area contributed by atoms with Crippen LogP contribution in [-0.4, -0.2) is 28.8 Å². The highest BCUT2D eigenvalue weighted by Gasteiger charge is 2.36. The van der Waals surface area contributed by atoms with Crippen LogP contribution in [0.25, 0.3) is 0 Å². The van der Waals surface area contributed by atoms with Crippen molar-refractivity contribution < 1.29 is 19.5 Å². The van der Waals surface area contributed by atoms with Crippen LogP contribution in [0.1, 0.15) is 89.0 Å². The molecule has 0 bridgehead atoms. The van der Waals surface area contributed by atoms with Gasteiger partial charge in [0.25, 0.3) is 0 Å². The standard InChI is InChI=1S/C27H47NO4/c1-12-13-21(26(6,7)8)24(30)28-23(27(9,10)11)22(29)15-14-18(4)20(17(2)3)16-19(5)25(31)32/h12-13,16-18,20-21,23H,14-15H2,1-11H3,(H,28,30)(H,31,32)/b13-12+,19-16+/t18?,20?,21-,23?/m1/s1. The van der Waals surface area contributed by atoms with Crippen LogP contribution in [0.3, 0.4) is 0 Å². The Hall–Kier alpha value is -1.91. The Morgan fingerprint density at radius 3 is 1.88 bits per heavy atom. The Balaban J connectivity index is 5.51. The van der Waals surface area contributed by atoms with Gasteiger partial charge < -0.3 is 10.4 Å². The summed E-state index contributed by atoms with van der Waals surface area (Å²) in [5.74, 6) is -0.857. The van der Waals surface area contributed by atoms with Crippen LogP contribution in [0.4, 0.5) is 0 Å². The van der Waals surface area contributed by atoms with E-state index < -0.39 is 17.4 Å². The molecule has 4 atom stereocenters. The maximum Gasteiger partial charge on any atom is 0.330 e. The molecule has 0 aromatic heterocycles. The van der Waals surface area contributed by atoms with Gasteiger partial charge in [-0.15, -0.1) is 0 Å². The molecule has 0 saturated carbocycles. The molecule has 0 aliphatic heterocycles. The van der Waals surface area contributed by atoms with Crippen molar-refractivity contribution in [3.63, 3.8) is 0 Å². The minimum absolute atomic E-state index is 0.0206.